The van der Waals surface area contributed by atoms with E-state index in [2.05, 4.69) is 0 Å². The van der Waals surface area contributed by atoms with E-state index >= 15 is 0 Å². The first-order valence-electron chi connectivity index (χ1n) is 7.94. The van der Waals surface area contributed by atoms with Gasteiger partial charge in [-0.25, -0.2) is 4.79 Å². The lowest BCUT2D eigenvalue weighted by Gasteiger charge is -2.35. The molecular formula is C18H24O5. The minimum absolute atomic E-state index is 0.173. The highest BCUT2D eigenvalue weighted by molar-refractivity contribution is 6.07. The molecule has 0 saturated carbocycles. The van der Waals surface area contributed by atoms with Crippen LogP contribution in [0, 0.1) is 5.41 Å². The first-order valence-corrected chi connectivity index (χ1v) is 7.94. The monoisotopic (exact) mass is 320 g/mol. The third-order valence-corrected chi connectivity index (χ3v) is 4.21. The van der Waals surface area contributed by atoms with E-state index in [1.165, 1.54) is 12.1 Å². The molecule has 2 atom stereocenters. The highest BCUT2D eigenvalue weighted by atomic mass is 16.4. The summed E-state index contributed by atoms with van der Waals surface area (Å²) in [6, 6.07) is 6.30. The van der Waals surface area contributed by atoms with Gasteiger partial charge in [-0.05, 0) is 12.8 Å². The molecule has 2 unspecified atom stereocenters. The lowest BCUT2D eigenvalue weighted by molar-refractivity contribution is -0.153. The fraction of sp³-hybridized carbons (Fsp3) is 0.500. The van der Waals surface area contributed by atoms with E-state index < -0.39 is 23.3 Å². The van der Waals surface area contributed by atoms with Crippen molar-refractivity contribution in [3.05, 3.63) is 35.4 Å². The van der Waals surface area contributed by atoms with Crippen molar-refractivity contribution in [3.63, 3.8) is 0 Å². The van der Waals surface area contributed by atoms with Crippen LogP contribution in [-0.4, -0.2) is 34.4 Å². The van der Waals surface area contributed by atoms with Crippen molar-refractivity contribution in [1.29, 1.82) is 0 Å². The van der Waals surface area contributed by atoms with Crippen LogP contribution in [0.2, 0.25) is 0 Å². The van der Waals surface area contributed by atoms with E-state index in [4.69, 9.17) is 0 Å². The van der Waals surface area contributed by atoms with Crippen LogP contribution in [0.5, 0.6) is 0 Å². The van der Waals surface area contributed by atoms with Gasteiger partial charge >= 0.3 is 5.97 Å². The zero-order chi connectivity index (χ0) is 17.5. The van der Waals surface area contributed by atoms with Crippen LogP contribution in [0.1, 0.15) is 66.7 Å². The number of unbranched alkanes of at least 4 members (excludes halogenated alkanes) is 1. The second-order valence-corrected chi connectivity index (χ2v) is 5.78. The molecule has 126 valence electrons. The zero-order valence-corrected chi connectivity index (χ0v) is 13.6. The quantitative estimate of drug-likeness (QED) is 0.510. The fourth-order valence-corrected chi connectivity index (χ4v) is 3.00. The molecule has 1 aromatic carbocycles. The van der Waals surface area contributed by atoms with Crippen LogP contribution >= 0.6 is 0 Å². The summed E-state index contributed by atoms with van der Waals surface area (Å²) in [6.07, 6.45) is 1.28. The van der Waals surface area contributed by atoms with Crippen LogP contribution in [0.3, 0.4) is 0 Å². The first-order chi connectivity index (χ1) is 10.9. The topological polar surface area (TPSA) is 91.7 Å². The smallest absolute Gasteiger partial charge is 0.333 e. The van der Waals surface area contributed by atoms with Crippen molar-refractivity contribution in [2.75, 3.05) is 0 Å². The highest BCUT2D eigenvalue weighted by Gasteiger charge is 2.47. The van der Waals surface area contributed by atoms with Gasteiger partial charge in [0.15, 0.2) is 18.2 Å². The van der Waals surface area contributed by atoms with Gasteiger partial charge in [0.05, 0.1) is 5.41 Å². The molecule has 0 aliphatic rings. The molecule has 0 saturated heterocycles. The van der Waals surface area contributed by atoms with E-state index in [0.717, 1.165) is 6.42 Å². The Bertz CT molecular complexity index is 566. The van der Waals surface area contributed by atoms with Crippen LogP contribution in [0.25, 0.3) is 0 Å². The Hall–Kier alpha value is -2.01. The molecule has 0 aromatic heterocycles. The second-order valence-electron chi connectivity index (χ2n) is 5.78. The van der Waals surface area contributed by atoms with Crippen molar-refractivity contribution in [2.45, 2.75) is 52.1 Å². The van der Waals surface area contributed by atoms with Gasteiger partial charge in [-0.3, -0.25) is 9.59 Å². The normalized spacial score (nSPS) is 14.7. The molecule has 0 aliphatic heterocycles. The summed E-state index contributed by atoms with van der Waals surface area (Å²) in [5, 5.41) is 19.6. The molecule has 0 spiro atoms. The van der Waals surface area contributed by atoms with Crippen LogP contribution in [-0.2, 0) is 4.79 Å². The van der Waals surface area contributed by atoms with Crippen LogP contribution < -0.4 is 0 Å². The van der Waals surface area contributed by atoms with Crippen LogP contribution in [0.15, 0.2) is 24.3 Å². The standard InChI is InChI=1S/C18H24O5/c1-3-5-11-18(10-4-2,16(21)17(22)23)15(20)14-9-7-6-8-13(14)12-19/h6-9,12,16,21H,3-5,10-11H2,1-2H3,(H,22,23). The number of aliphatic carboxylic acids is 1. The SMILES string of the molecule is CCCCC(CCC)(C(=O)c1ccccc1C=O)C(O)C(=O)O. The third-order valence-electron chi connectivity index (χ3n) is 4.21. The molecule has 1 aromatic rings. The number of Topliss-reactive ketones (excluding diaryl/α,β-unsaturated/α-hetero) is 1. The number of carboxylic acid groups (broad SMARTS) is 1. The molecule has 5 nitrogen and oxygen atoms in total. The predicted octanol–water partition coefficient (Wildman–Crippen LogP) is 3.10. The van der Waals surface area contributed by atoms with Crippen molar-refractivity contribution in [1.82, 2.24) is 0 Å². The molecule has 0 heterocycles. The number of ketones is 1. The van der Waals surface area contributed by atoms with Crippen molar-refractivity contribution >= 4 is 18.0 Å². The molecule has 0 radical (unpaired) electrons. The summed E-state index contributed by atoms with van der Waals surface area (Å²) in [5.41, 5.74) is -1.02. The fourth-order valence-electron chi connectivity index (χ4n) is 3.00. The maximum absolute atomic E-state index is 13.1. The Labute approximate surface area is 136 Å². The molecule has 0 bridgehead atoms. The largest absolute Gasteiger partial charge is 0.479 e. The number of aldehydes is 1. The third kappa shape index (κ3) is 4.05. The van der Waals surface area contributed by atoms with E-state index in [1.54, 1.807) is 12.1 Å². The number of carbonyl (C=O) groups is 3. The summed E-state index contributed by atoms with van der Waals surface area (Å²) in [6.45, 7) is 3.78. The second kappa shape index (κ2) is 8.58. The molecule has 2 N–H and O–H groups in total. The minimum atomic E-state index is -1.79. The molecular weight excluding hydrogens is 296 g/mol. The maximum atomic E-state index is 13.1. The molecule has 0 aliphatic carbocycles. The van der Waals surface area contributed by atoms with Gasteiger partial charge in [0.2, 0.25) is 0 Å². The lowest BCUT2D eigenvalue weighted by atomic mass is 9.68. The van der Waals surface area contributed by atoms with Gasteiger partial charge in [-0.15, -0.1) is 0 Å². The Morgan fingerprint density at radius 2 is 1.83 bits per heavy atom. The number of carbonyl (C=O) groups excluding carboxylic acids is 2. The molecule has 0 fully saturated rings. The van der Waals surface area contributed by atoms with E-state index in [0.29, 0.717) is 19.1 Å². The molecule has 5 heteroatoms. The molecule has 23 heavy (non-hydrogen) atoms. The first kappa shape index (κ1) is 19.0. The van der Waals surface area contributed by atoms with Gasteiger partial charge in [0, 0.05) is 11.1 Å². The zero-order valence-electron chi connectivity index (χ0n) is 13.6. The van der Waals surface area contributed by atoms with E-state index in [-0.39, 0.29) is 24.0 Å². The summed E-state index contributed by atoms with van der Waals surface area (Å²) < 4.78 is 0. The average molecular weight is 320 g/mol. The van der Waals surface area contributed by atoms with Gasteiger partial charge < -0.3 is 10.2 Å². The minimum Gasteiger partial charge on any atom is -0.479 e. The summed E-state index contributed by atoms with van der Waals surface area (Å²) in [7, 11) is 0. The number of carboxylic acids is 1. The highest BCUT2D eigenvalue weighted by Crippen LogP contribution is 2.39. The number of rotatable bonds is 10. The van der Waals surface area contributed by atoms with E-state index in [1.807, 2.05) is 13.8 Å². The number of aliphatic hydroxyl groups is 1. The number of hydrogen-bond acceptors (Lipinski definition) is 4. The van der Waals surface area contributed by atoms with Crippen molar-refractivity contribution in [2.24, 2.45) is 5.41 Å². The number of hydrogen-bond donors (Lipinski definition) is 2. The molecule has 1 rings (SSSR count). The van der Waals surface area contributed by atoms with Gasteiger partial charge in [0.25, 0.3) is 0 Å². The average Bonchev–Trinajstić information content (AvgIpc) is 2.57. The number of benzene rings is 1. The summed E-state index contributed by atoms with van der Waals surface area (Å²) >= 11 is 0. The van der Waals surface area contributed by atoms with Gasteiger partial charge in [-0.2, -0.15) is 0 Å². The van der Waals surface area contributed by atoms with E-state index in [9.17, 15) is 24.6 Å². The lowest BCUT2D eigenvalue weighted by Crippen LogP contribution is -2.47. The Morgan fingerprint density at radius 3 is 2.35 bits per heavy atom. The maximum Gasteiger partial charge on any atom is 0.333 e. The Balaban J connectivity index is 3.43. The molecule has 0 amide bonds. The Morgan fingerprint density at radius 1 is 1.17 bits per heavy atom. The number of aliphatic hydroxyl groups excluding tert-OH is 1. The summed E-state index contributed by atoms with van der Waals surface area (Å²) in [4.78, 5) is 35.7. The van der Waals surface area contributed by atoms with Crippen molar-refractivity contribution in [3.8, 4) is 0 Å². The van der Waals surface area contributed by atoms with Gasteiger partial charge in [-0.1, -0.05) is 57.4 Å². The van der Waals surface area contributed by atoms with Gasteiger partial charge in [0.1, 0.15) is 0 Å². The van der Waals surface area contributed by atoms with Crippen molar-refractivity contribution < 1.29 is 24.6 Å². The summed E-state index contributed by atoms with van der Waals surface area (Å²) in [5.74, 6) is -1.88. The predicted molar refractivity (Wildman–Crippen MR) is 86.7 cm³/mol. The van der Waals surface area contributed by atoms with Crippen LogP contribution in [0.4, 0.5) is 0 Å². The Kier molecular flexibility index (Phi) is 7.10.